The van der Waals surface area contributed by atoms with Gasteiger partial charge < -0.3 is 9.88 Å². The van der Waals surface area contributed by atoms with Crippen LogP contribution in [0.1, 0.15) is 29.8 Å². The van der Waals surface area contributed by atoms with E-state index < -0.39 is 0 Å². The van der Waals surface area contributed by atoms with Crippen molar-refractivity contribution in [1.82, 2.24) is 31.6 Å². The second-order valence-electron chi connectivity index (χ2n) is 7.23. The molecule has 144 valence electrons. The SMILES string of the molecule is Cn1cccc1C1CC(C(=O)NCC2CNNC2c2ccc(Cl)cc2)NN1. The summed E-state index contributed by atoms with van der Waals surface area (Å²) in [6.07, 6.45) is 2.74. The zero-order chi connectivity index (χ0) is 18.8. The van der Waals surface area contributed by atoms with Crippen LogP contribution >= 0.6 is 11.6 Å². The van der Waals surface area contributed by atoms with Crippen LogP contribution in [0, 0.1) is 5.92 Å². The van der Waals surface area contributed by atoms with Gasteiger partial charge in [-0.25, -0.2) is 16.3 Å². The van der Waals surface area contributed by atoms with Crippen molar-refractivity contribution < 1.29 is 4.79 Å². The molecule has 5 N–H and O–H groups in total. The monoisotopic (exact) mass is 388 g/mol. The molecule has 2 aliphatic rings. The van der Waals surface area contributed by atoms with Crippen molar-refractivity contribution in [3.05, 3.63) is 58.9 Å². The Kier molecular flexibility index (Phi) is 5.47. The number of hydrogen-bond acceptors (Lipinski definition) is 5. The van der Waals surface area contributed by atoms with Gasteiger partial charge in [0.1, 0.15) is 6.04 Å². The Morgan fingerprint density at radius 3 is 2.78 bits per heavy atom. The van der Waals surface area contributed by atoms with Crippen LogP contribution in [-0.2, 0) is 11.8 Å². The van der Waals surface area contributed by atoms with Crippen molar-refractivity contribution in [2.75, 3.05) is 13.1 Å². The maximum absolute atomic E-state index is 12.6. The molecule has 0 bridgehead atoms. The van der Waals surface area contributed by atoms with Gasteiger partial charge in [-0.3, -0.25) is 10.2 Å². The Morgan fingerprint density at radius 1 is 1.22 bits per heavy atom. The molecule has 7 nitrogen and oxygen atoms in total. The first-order valence-electron chi connectivity index (χ1n) is 9.25. The van der Waals surface area contributed by atoms with E-state index in [1.165, 1.54) is 5.69 Å². The maximum Gasteiger partial charge on any atom is 0.238 e. The normalized spacial score (nSPS) is 27.8. The van der Waals surface area contributed by atoms with E-state index in [0.717, 1.165) is 23.6 Å². The van der Waals surface area contributed by atoms with E-state index in [1.807, 2.05) is 43.6 Å². The van der Waals surface area contributed by atoms with Crippen molar-refractivity contribution >= 4 is 17.5 Å². The highest BCUT2D eigenvalue weighted by molar-refractivity contribution is 6.30. The highest BCUT2D eigenvalue weighted by Gasteiger charge is 2.33. The first-order chi connectivity index (χ1) is 13.1. The van der Waals surface area contributed by atoms with E-state index in [-0.39, 0.29) is 30.0 Å². The Balaban J connectivity index is 1.31. The summed E-state index contributed by atoms with van der Waals surface area (Å²) in [5.41, 5.74) is 15.2. The molecule has 4 rings (SSSR count). The number of nitrogens with zero attached hydrogens (tertiary/aromatic N) is 1. The minimum atomic E-state index is -0.235. The summed E-state index contributed by atoms with van der Waals surface area (Å²) in [6.45, 7) is 1.41. The molecule has 8 heteroatoms. The number of carbonyl (C=O) groups is 1. The quantitative estimate of drug-likeness (QED) is 0.531. The van der Waals surface area contributed by atoms with Crippen LogP contribution in [0.3, 0.4) is 0 Å². The first-order valence-corrected chi connectivity index (χ1v) is 9.63. The molecule has 0 aliphatic carbocycles. The number of halogens is 1. The summed E-state index contributed by atoms with van der Waals surface area (Å²) >= 11 is 5.98. The summed E-state index contributed by atoms with van der Waals surface area (Å²) in [5.74, 6) is 0.300. The van der Waals surface area contributed by atoms with Crippen molar-refractivity contribution in [3.63, 3.8) is 0 Å². The van der Waals surface area contributed by atoms with Gasteiger partial charge in [0, 0.05) is 43.0 Å². The Morgan fingerprint density at radius 2 is 2.04 bits per heavy atom. The molecular weight excluding hydrogens is 364 g/mol. The molecular formula is C19H25ClN6O. The molecule has 1 aromatic carbocycles. The van der Waals surface area contributed by atoms with E-state index in [4.69, 9.17) is 11.6 Å². The molecule has 2 saturated heterocycles. The first kappa shape index (κ1) is 18.5. The van der Waals surface area contributed by atoms with Gasteiger partial charge >= 0.3 is 0 Å². The number of nitrogens with one attached hydrogen (secondary N) is 5. The van der Waals surface area contributed by atoms with Gasteiger partial charge in [0.2, 0.25) is 5.91 Å². The van der Waals surface area contributed by atoms with Crippen molar-refractivity contribution in [2.45, 2.75) is 24.5 Å². The van der Waals surface area contributed by atoms with E-state index in [1.54, 1.807) is 0 Å². The average Bonchev–Trinajstić information content (AvgIpc) is 3.40. The highest BCUT2D eigenvalue weighted by Crippen LogP contribution is 2.26. The van der Waals surface area contributed by atoms with Crippen LogP contribution in [0.2, 0.25) is 5.02 Å². The van der Waals surface area contributed by atoms with Crippen LogP contribution in [0.15, 0.2) is 42.6 Å². The van der Waals surface area contributed by atoms with E-state index in [9.17, 15) is 4.79 Å². The second kappa shape index (κ2) is 8.00. The van der Waals surface area contributed by atoms with E-state index in [2.05, 4.69) is 37.7 Å². The lowest BCUT2D eigenvalue weighted by Gasteiger charge is -2.20. The molecule has 0 saturated carbocycles. The smallest absolute Gasteiger partial charge is 0.238 e. The maximum atomic E-state index is 12.6. The number of aryl methyl sites for hydroxylation is 1. The number of benzene rings is 1. The average molecular weight is 389 g/mol. The molecule has 0 radical (unpaired) electrons. The number of aromatic nitrogens is 1. The summed E-state index contributed by atoms with van der Waals surface area (Å²) in [7, 11) is 2.02. The lowest BCUT2D eigenvalue weighted by molar-refractivity contribution is -0.123. The number of hydrogen-bond donors (Lipinski definition) is 5. The van der Waals surface area contributed by atoms with Gasteiger partial charge in [-0.05, 0) is 36.2 Å². The third kappa shape index (κ3) is 4.02. The van der Waals surface area contributed by atoms with Gasteiger partial charge in [-0.1, -0.05) is 23.7 Å². The van der Waals surface area contributed by atoms with Crippen LogP contribution in [-0.4, -0.2) is 29.6 Å². The van der Waals surface area contributed by atoms with Gasteiger partial charge in [0.05, 0.1) is 12.1 Å². The Bertz CT molecular complexity index is 792. The fourth-order valence-corrected chi connectivity index (χ4v) is 3.99. The molecule has 3 heterocycles. The predicted octanol–water partition coefficient (Wildman–Crippen LogP) is 1.17. The summed E-state index contributed by atoms with van der Waals surface area (Å²) in [4.78, 5) is 12.6. The molecule has 2 aromatic rings. The van der Waals surface area contributed by atoms with Crippen LogP contribution in [0.25, 0.3) is 0 Å². The van der Waals surface area contributed by atoms with E-state index in [0.29, 0.717) is 6.54 Å². The van der Waals surface area contributed by atoms with Crippen molar-refractivity contribution in [2.24, 2.45) is 13.0 Å². The molecule has 2 fully saturated rings. The van der Waals surface area contributed by atoms with Crippen molar-refractivity contribution in [1.29, 1.82) is 0 Å². The molecule has 4 atom stereocenters. The van der Waals surface area contributed by atoms with Gasteiger partial charge in [-0.15, -0.1) is 0 Å². The van der Waals surface area contributed by atoms with Crippen molar-refractivity contribution in [3.8, 4) is 0 Å². The zero-order valence-corrected chi connectivity index (χ0v) is 16.0. The molecule has 0 spiro atoms. The minimum absolute atomic E-state index is 0.0287. The van der Waals surface area contributed by atoms with Gasteiger partial charge in [0.25, 0.3) is 0 Å². The summed E-state index contributed by atoms with van der Waals surface area (Å²) in [6, 6.07) is 12.0. The third-order valence-corrected chi connectivity index (χ3v) is 5.67. The Hall–Kier alpha value is -1.90. The fraction of sp³-hybridized carbons (Fsp3) is 0.421. The highest BCUT2D eigenvalue weighted by atomic mass is 35.5. The molecule has 27 heavy (non-hydrogen) atoms. The number of rotatable bonds is 5. The molecule has 1 aromatic heterocycles. The Labute approximate surface area is 163 Å². The van der Waals surface area contributed by atoms with E-state index >= 15 is 0 Å². The zero-order valence-electron chi connectivity index (χ0n) is 15.2. The topological polar surface area (TPSA) is 82.2 Å². The van der Waals surface area contributed by atoms with Crippen LogP contribution in [0.4, 0.5) is 0 Å². The predicted molar refractivity (Wildman–Crippen MR) is 105 cm³/mol. The second-order valence-corrected chi connectivity index (χ2v) is 7.67. The summed E-state index contributed by atoms with van der Waals surface area (Å²) in [5, 5.41) is 3.83. The van der Waals surface area contributed by atoms with Gasteiger partial charge in [-0.2, -0.15) is 0 Å². The van der Waals surface area contributed by atoms with Gasteiger partial charge in [0.15, 0.2) is 0 Å². The lowest BCUT2D eigenvalue weighted by Crippen LogP contribution is -2.45. The number of amides is 1. The minimum Gasteiger partial charge on any atom is -0.354 e. The number of carbonyl (C=O) groups excluding carboxylic acids is 1. The molecule has 1 amide bonds. The fourth-order valence-electron chi connectivity index (χ4n) is 3.86. The largest absolute Gasteiger partial charge is 0.354 e. The summed E-state index contributed by atoms with van der Waals surface area (Å²) < 4.78 is 2.08. The van der Waals surface area contributed by atoms with Crippen LogP contribution in [0.5, 0.6) is 0 Å². The third-order valence-electron chi connectivity index (χ3n) is 5.42. The van der Waals surface area contributed by atoms with Crippen LogP contribution < -0.4 is 27.0 Å². The standard InChI is InChI=1S/C19H25ClN6O/c1-26-8-2-3-17(26)15-9-16(24-23-15)19(27)21-10-13-11-22-25-18(13)12-4-6-14(20)7-5-12/h2-8,13,15-16,18,22-25H,9-11H2,1H3,(H,21,27). The molecule has 2 aliphatic heterocycles. The number of hydrazine groups is 2. The lowest BCUT2D eigenvalue weighted by atomic mass is 9.95. The molecule has 4 unspecified atom stereocenters.